The van der Waals surface area contributed by atoms with Gasteiger partial charge in [0.2, 0.25) is 0 Å². The van der Waals surface area contributed by atoms with E-state index in [0.29, 0.717) is 11.3 Å². The van der Waals surface area contributed by atoms with Gasteiger partial charge in [0, 0.05) is 5.56 Å². The fraction of sp³-hybridized carbons (Fsp3) is 0.373. The van der Waals surface area contributed by atoms with Crippen LogP contribution in [-0.4, -0.2) is 17.0 Å². The highest BCUT2D eigenvalue weighted by Gasteiger charge is 2.52. The van der Waals surface area contributed by atoms with Crippen LogP contribution >= 0.6 is 0 Å². The third kappa shape index (κ3) is 6.52. The van der Waals surface area contributed by atoms with Gasteiger partial charge in [-0.05, 0) is 184 Å². The van der Waals surface area contributed by atoms with Crippen molar-refractivity contribution in [3.8, 4) is 16.9 Å². The Balaban J connectivity index is 1.02. The van der Waals surface area contributed by atoms with E-state index in [1.807, 2.05) is 30.3 Å². The Morgan fingerprint density at radius 1 is 0.618 bits per heavy atom. The molecule has 5 aliphatic rings. The molecule has 0 atom stereocenters. The molecule has 4 nitrogen and oxygen atoms in total. The van der Waals surface area contributed by atoms with E-state index >= 15 is 0 Å². The van der Waals surface area contributed by atoms with Crippen molar-refractivity contribution in [2.24, 2.45) is 17.8 Å². The number of rotatable bonds is 7. The van der Waals surface area contributed by atoms with Crippen LogP contribution in [-0.2, 0) is 16.2 Å². The van der Waals surface area contributed by atoms with Crippen LogP contribution < -0.4 is 4.74 Å². The number of hydrogen-bond donors (Lipinski definition) is 1. The number of hydrogen-bond acceptors (Lipinski definition) is 3. The minimum absolute atomic E-state index is 0.0191. The molecule has 10 rings (SSSR count). The number of carboxylic acids is 1. The Hall–Kier alpha value is -4.96. The fourth-order valence-corrected chi connectivity index (χ4v) is 11.3. The number of carbonyl (C=O) groups is 2. The Morgan fingerprint density at radius 2 is 1.18 bits per heavy atom. The molecule has 5 aromatic carbocycles. The predicted molar refractivity (Wildman–Crippen MR) is 223 cm³/mol. The van der Waals surface area contributed by atoms with Gasteiger partial charge < -0.3 is 9.84 Å². The molecule has 4 bridgehead atoms. The smallest absolute Gasteiger partial charge is 0.343 e. The first kappa shape index (κ1) is 35.7. The highest BCUT2D eigenvalue weighted by molar-refractivity contribution is 5.98. The second-order valence-electron chi connectivity index (χ2n) is 18.9. The molecule has 0 aromatic heterocycles. The van der Waals surface area contributed by atoms with Crippen LogP contribution in [0.2, 0.25) is 0 Å². The third-order valence-corrected chi connectivity index (χ3v) is 14.1. The first-order valence-corrected chi connectivity index (χ1v) is 20.3. The minimum Gasteiger partial charge on any atom is -0.478 e. The molecule has 0 saturated heterocycles. The zero-order valence-electron chi connectivity index (χ0n) is 32.9. The molecule has 280 valence electrons. The lowest BCUT2D eigenvalue weighted by molar-refractivity contribution is -0.00622. The van der Waals surface area contributed by atoms with Gasteiger partial charge in [-0.3, -0.25) is 0 Å². The second kappa shape index (κ2) is 13.1. The van der Waals surface area contributed by atoms with Crippen LogP contribution in [0.3, 0.4) is 0 Å². The Morgan fingerprint density at radius 3 is 1.85 bits per heavy atom. The third-order valence-electron chi connectivity index (χ3n) is 14.1. The Bertz CT molecular complexity index is 2360. The molecule has 0 radical (unpaired) electrons. The average Bonchev–Trinajstić information content (AvgIpc) is 3.16. The summed E-state index contributed by atoms with van der Waals surface area (Å²) >= 11 is 0. The molecule has 55 heavy (non-hydrogen) atoms. The van der Waals surface area contributed by atoms with E-state index in [2.05, 4.69) is 95.3 Å². The van der Waals surface area contributed by atoms with E-state index in [4.69, 9.17) is 4.74 Å². The Labute approximate surface area is 325 Å². The normalized spacial score (nSPS) is 24.7. The summed E-state index contributed by atoms with van der Waals surface area (Å²) in [6.45, 7) is 11.6. The van der Waals surface area contributed by atoms with Crippen LogP contribution in [0.4, 0.5) is 0 Å². The van der Waals surface area contributed by atoms with Crippen molar-refractivity contribution in [3.63, 3.8) is 0 Å². The van der Waals surface area contributed by atoms with Crippen molar-refractivity contribution in [2.45, 2.75) is 102 Å². The lowest BCUT2D eigenvalue weighted by Gasteiger charge is -2.57. The summed E-state index contributed by atoms with van der Waals surface area (Å²) in [5.74, 6) is 1.66. The summed E-state index contributed by atoms with van der Waals surface area (Å²) in [6.07, 6.45) is 12.0. The number of esters is 1. The molecule has 5 aliphatic carbocycles. The van der Waals surface area contributed by atoms with Crippen molar-refractivity contribution in [1.29, 1.82) is 0 Å². The Kier molecular flexibility index (Phi) is 8.49. The first-order chi connectivity index (χ1) is 26.2. The standard InChI is InChI=1S/C51H52O4/c1-31(20-32-6-8-36(9-7-32)47(52)53)37-15-17-46(45(26-37)51-28-33-21-34(29-51)23-35(22-33)30-51)55-48(54)42-13-12-38-24-39(10-11-40(38)25-42)41-14-16-43-44(27-41)50(4,5)19-18-49(43,2)3/h6-17,20,24-27,33-35H,18-19,21-23,28-30H2,1-5H3,(H,52,53). The van der Waals surface area contributed by atoms with Crippen LogP contribution in [0, 0.1) is 17.8 Å². The van der Waals surface area contributed by atoms with Gasteiger partial charge in [-0.2, -0.15) is 0 Å². The summed E-state index contributed by atoms with van der Waals surface area (Å²) in [7, 11) is 0. The van der Waals surface area contributed by atoms with Crippen LogP contribution in [0.1, 0.15) is 135 Å². The maximum atomic E-state index is 14.0. The summed E-state index contributed by atoms with van der Waals surface area (Å²) in [5, 5.41) is 11.5. The minimum atomic E-state index is -0.926. The SMILES string of the molecule is CC(=Cc1ccc(C(=O)O)cc1)c1ccc(OC(=O)c2ccc3cc(-c4ccc5c(c4)C(C)(C)CCC5(C)C)ccc3c2)c(C23CC4CC(CC(C4)C2)C3)c1. The summed E-state index contributed by atoms with van der Waals surface area (Å²) < 4.78 is 6.43. The molecule has 4 saturated carbocycles. The number of carbonyl (C=O) groups excluding carboxylic acids is 1. The zero-order valence-corrected chi connectivity index (χ0v) is 32.9. The highest BCUT2D eigenvalue weighted by Crippen LogP contribution is 2.62. The van der Waals surface area contributed by atoms with Crippen molar-refractivity contribution in [2.75, 3.05) is 0 Å². The zero-order chi connectivity index (χ0) is 38.3. The fourth-order valence-electron chi connectivity index (χ4n) is 11.3. The van der Waals surface area contributed by atoms with E-state index in [1.165, 1.54) is 59.9 Å². The van der Waals surface area contributed by atoms with E-state index in [1.54, 1.807) is 12.1 Å². The van der Waals surface area contributed by atoms with Gasteiger partial charge in [-0.15, -0.1) is 0 Å². The molecule has 4 heteroatoms. The van der Waals surface area contributed by atoms with Gasteiger partial charge in [0.25, 0.3) is 0 Å². The van der Waals surface area contributed by atoms with E-state index in [-0.39, 0.29) is 27.8 Å². The largest absolute Gasteiger partial charge is 0.478 e. The number of allylic oxidation sites excluding steroid dienone is 1. The quantitative estimate of drug-likeness (QED) is 0.103. The number of ether oxygens (including phenoxy) is 1. The summed E-state index contributed by atoms with van der Waals surface area (Å²) in [4.78, 5) is 25.4. The second-order valence-corrected chi connectivity index (χ2v) is 18.9. The van der Waals surface area contributed by atoms with E-state index in [9.17, 15) is 14.7 Å². The molecule has 4 fully saturated rings. The van der Waals surface area contributed by atoms with Crippen LogP contribution in [0.25, 0.3) is 33.5 Å². The molecular formula is C51H52O4. The van der Waals surface area contributed by atoms with E-state index < -0.39 is 5.97 Å². The summed E-state index contributed by atoms with van der Waals surface area (Å²) in [5.41, 5.74) is 10.8. The van der Waals surface area contributed by atoms with Gasteiger partial charge in [0.15, 0.2) is 0 Å². The molecular weight excluding hydrogens is 677 g/mol. The van der Waals surface area contributed by atoms with Gasteiger partial charge in [-0.25, -0.2) is 9.59 Å². The van der Waals surface area contributed by atoms with Crippen LogP contribution in [0.15, 0.2) is 97.1 Å². The molecule has 0 heterocycles. The number of benzene rings is 5. The average molecular weight is 729 g/mol. The van der Waals surface area contributed by atoms with Crippen molar-refractivity contribution < 1.29 is 19.4 Å². The lowest BCUT2D eigenvalue weighted by atomic mass is 9.48. The number of fused-ring (bicyclic) bond motifs is 2. The number of carboxylic acid groups (broad SMARTS) is 1. The van der Waals surface area contributed by atoms with Crippen LogP contribution in [0.5, 0.6) is 5.75 Å². The summed E-state index contributed by atoms with van der Waals surface area (Å²) in [6, 6.07) is 32.9. The van der Waals surface area contributed by atoms with Crippen molar-refractivity contribution >= 4 is 34.4 Å². The highest BCUT2D eigenvalue weighted by atomic mass is 16.5. The molecule has 0 spiro atoms. The van der Waals surface area contributed by atoms with Gasteiger partial charge >= 0.3 is 11.9 Å². The number of aromatic carboxylic acids is 1. The van der Waals surface area contributed by atoms with Gasteiger partial charge in [-0.1, -0.05) is 88.4 Å². The van der Waals surface area contributed by atoms with E-state index in [0.717, 1.165) is 64.5 Å². The van der Waals surface area contributed by atoms with Gasteiger partial charge in [0.1, 0.15) is 5.75 Å². The molecule has 1 N–H and O–H groups in total. The maximum Gasteiger partial charge on any atom is 0.343 e. The topological polar surface area (TPSA) is 63.6 Å². The van der Waals surface area contributed by atoms with Crippen molar-refractivity contribution in [3.05, 3.63) is 136 Å². The molecule has 5 aromatic rings. The van der Waals surface area contributed by atoms with Gasteiger partial charge in [0.05, 0.1) is 11.1 Å². The molecule has 0 unspecified atom stereocenters. The van der Waals surface area contributed by atoms with Crippen molar-refractivity contribution in [1.82, 2.24) is 0 Å². The lowest BCUT2D eigenvalue weighted by Crippen LogP contribution is -2.48. The maximum absolute atomic E-state index is 14.0. The molecule has 0 aliphatic heterocycles. The molecule has 0 amide bonds. The predicted octanol–water partition coefficient (Wildman–Crippen LogP) is 12.8. The monoisotopic (exact) mass is 728 g/mol. The first-order valence-electron chi connectivity index (χ1n) is 20.3.